The fraction of sp³-hybridized carbons (Fsp3) is 0.333. The molecule has 0 aromatic heterocycles. The molecule has 4 rings (SSSR count). The summed E-state index contributed by atoms with van der Waals surface area (Å²) in [6.45, 7) is 7.35. The van der Waals surface area contributed by atoms with Gasteiger partial charge in [-0.25, -0.2) is 13.6 Å². The molecule has 0 radical (unpaired) electrons. The Morgan fingerprint density at radius 1 is 0.903 bits per heavy atom. The number of piperazine rings is 1. The highest BCUT2D eigenvalue weighted by Crippen LogP contribution is 2.30. The molecule has 1 aliphatic heterocycles. The van der Waals surface area contributed by atoms with Gasteiger partial charge in [0, 0.05) is 38.8 Å². The Morgan fingerprint density at radius 2 is 1.61 bits per heavy atom. The second-order valence-corrected chi connectivity index (χ2v) is 9.80. The maximum atomic E-state index is 11.5. The first-order valence-corrected chi connectivity index (χ1v) is 12.1. The fourth-order valence-corrected chi connectivity index (χ4v) is 5.02. The quantitative estimate of drug-likeness (QED) is 0.606. The zero-order chi connectivity index (χ0) is 21.1. The SMILES string of the molecule is CC(c1cccc2ccc(CS(N)(=O)=O)cc12)N1CCN(Cc2ccccc2)CC1.Cl. The molecule has 2 N–H and O–H groups in total. The van der Waals surface area contributed by atoms with Crippen LogP contribution in [0.1, 0.15) is 29.7 Å². The molecule has 1 unspecified atom stereocenters. The van der Waals surface area contributed by atoms with Crippen molar-refractivity contribution in [2.24, 2.45) is 5.14 Å². The standard InChI is InChI=1S/C24H29N3O2S.ClH/c1-19(27-14-12-26(13-15-27)17-20-6-3-2-4-7-20)23-9-5-8-22-11-10-21(16-24(22)23)18-30(25,28)29;/h2-11,16,19H,12-15,17-18H2,1H3,(H2,25,28,29);1H. The van der Waals surface area contributed by atoms with Crippen molar-refractivity contribution in [2.75, 3.05) is 26.2 Å². The monoisotopic (exact) mass is 459 g/mol. The maximum Gasteiger partial charge on any atom is 0.213 e. The largest absolute Gasteiger partial charge is 0.297 e. The van der Waals surface area contributed by atoms with Crippen LogP contribution in [-0.4, -0.2) is 44.4 Å². The van der Waals surface area contributed by atoms with E-state index in [9.17, 15) is 8.42 Å². The molecule has 1 heterocycles. The molecule has 0 spiro atoms. The van der Waals surface area contributed by atoms with Gasteiger partial charge in [0.25, 0.3) is 0 Å². The molecule has 0 saturated carbocycles. The predicted octanol–water partition coefficient (Wildman–Crippen LogP) is 3.93. The summed E-state index contributed by atoms with van der Waals surface area (Å²) in [6.07, 6.45) is 0. The van der Waals surface area contributed by atoms with Crippen LogP contribution in [0.3, 0.4) is 0 Å². The van der Waals surface area contributed by atoms with Crippen molar-refractivity contribution in [1.82, 2.24) is 9.80 Å². The van der Waals surface area contributed by atoms with Crippen molar-refractivity contribution in [3.63, 3.8) is 0 Å². The molecule has 0 amide bonds. The topological polar surface area (TPSA) is 66.6 Å². The Labute approximate surface area is 191 Å². The van der Waals surface area contributed by atoms with Crippen molar-refractivity contribution in [3.05, 3.63) is 83.4 Å². The summed E-state index contributed by atoms with van der Waals surface area (Å²) < 4.78 is 23.1. The van der Waals surface area contributed by atoms with Crippen molar-refractivity contribution in [1.29, 1.82) is 0 Å². The van der Waals surface area contributed by atoms with Gasteiger partial charge in [0.2, 0.25) is 10.0 Å². The molecule has 5 nitrogen and oxygen atoms in total. The third-order valence-corrected chi connectivity index (χ3v) is 6.74. The van der Waals surface area contributed by atoms with E-state index < -0.39 is 10.0 Å². The molecule has 0 bridgehead atoms. The lowest BCUT2D eigenvalue weighted by atomic mass is 9.97. The zero-order valence-electron chi connectivity index (χ0n) is 17.8. The first-order chi connectivity index (χ1) is 14.4. The summed E-state index contributed by atoms with van der Waals surface area (Å²) in [5, 5.41) is 7.49. The lowest BCUT2D eigenvalue weighted by Gasteiger charge is -2.38. The predicted molar refractivity (Wildman–Crippen MR) is 130 cm³/mol. The first kappa shape index (κ1) is 23.7. The number of primary sulfonamides is 1. The molecular formula is C24H30ClN3O2S. The summed E-state index contributed by atoms with van der Waals surface area (Å²) in [5.41, 5.74) is 3.33. The zero-order valence-corrected chi connectivity index (χ0v) is 19.4. The molecular weight excluding hydrogens is 430 g/mol. The van der Waals surface area contributed by atoms with Gasteiger partial charge in [0.15, 0.2) is 0 Å². The van der Waals surface area contributed by atoms with Gasteiger partial charge in [-0.3, -0.25) is 9.80 Å². The van der Waals surface area contributed by atoms with Crippen LogP contribution in [-0.2, 0) is 22.3 Å². The summed E-state index contributed by atoms with van der Waals surface area (Å²) in [6, 6.07) is 23.0. The van der Waals surface area contributed by atoms with E-state index in [0.717, 1.165) is 49.1 Å². The molecule has 1 aliphatic rings. The van der Waals surface area contributed by atoms with Gasteiger partial charge in [-0.2, -0.15) is 0 Å². The minimum absolute atomic E-state index is 0. The lowest BCUT2D eigenvalue weighted by Crippen LogP contribution is -2.46. The molecule has 0 aliphatic carbocycles. The highest BCUT2D eigenvalue weighted by Gasteiger charge is 2.23. The molecule has 1 atom stereocenters. The van der Waals surface area contributed by atoms with E-state index in [2.05, 4.69) is 65.3 Å². The van der Waals surface area contributed by atoms with E-state index in [0.29, 0.717) is 0 Å². The lowest BCUT2D eigenvalue weighted by molar-refractivity contribution is 0.0983. The van der Waals surface area contributed by atoms with Gasteiger partial charge in [0.1, 0.15) is 0 Å². The fourth-order valence-electron chi connectivity index (χ4n) is 4.38. The van der Waals surface area contributed by atoms with Crippen LogP contribution < -0.4 is 5.14 Å². The van der Waals surface area contributed by atoms with Crippen LogP contribution in [0.5, 0.6) is 0 Å². The van der Waals surface area contributed by atoms with Gasteiger partial charge < -0.3 is 0 Å². The minimum atomic E-state index is -3.55. The average molecular weight is 460 g/mol. The second-order valence-electron chi connectivity index (χ2n) is 8.18. The van der Waals surface area contributed by atoms with E-state index in [4.69, 9.17) is 5.14 Å². The van der Waals surface area contributed by atoms with Crippen LogP contribution >= 0.6 is 12.4 Å². The average Bonchev–Trinajstić information content (AvgIpc) is 2.73. The summed E-state index contributed by atoms with van der Waals surface area (Å²) in [7, 11) is -3.55. The van der Waals surface area contributed by atoms with Gasteiger partial charge in [0.05, 0.1) is 5.75 Å². The Hall–Kier alpha value is -1.96. The molecule has 3 aromatic carbocycles. The van der Waals surface area contributed by atoms with Crippen molar-refractivity contribution >= 4 is 33.2 Å². The third-order valence-electron chi connectivity index (χ3n) is 6.00. The van der Waals surface area contributed by atoms with Gasteiger partial charge in [-0.1, -0.05) is 60.7 Å². The molecule has 1 saturated heterocycles. The first-order valence-electron chi connectivity index (χ1n) is 10.4. The Bertz CT molecular complexity index is 1110. The highest BCUT2D eigenvalue weighted by molar-refractivity contribution is 7.88. The molecule has 7 heteroatoms. The number of fused-ring (bicyclic) bond motifs is 1. The number of hydrogen-bond donors (Lipinski definition) is 1. The summed E-state index contributed by atoms with van der Waals surface area (Å²) in [5.74, 6) is -0.135. The maximum absolute atomic E-state index is 11.5. The van der Waals surface area contributed by atoms with Crippen molar-refractivity contribution in [2.45, 2.75) is 25.3 Å². The number of nitrogens with zero attached hydrogens (tertiary/aromatic N) is 2. The van der Waals surface area contributed by atoms with Crippen molar-refractivity contribution < 1.29 is 8.42 Å². The number of sulfonamides is 1. The van der Waals surface area contributed by atoms with Gasteiger partial charge in [-0.05, 0) is 40.5 Å². The second kappa shape index (κ2) is 10.1. The van der Waals surface area contributed by atoms with Crippen LogP contribution in [0, 0.1) is 0 Å². The van der Waals surface area contributed by atoms with E-state index in [1.807, 2.05) is 18.2 Å². The van der Waals surface area contributed by atoms with Gasteiger partial charge in [-0.15, -0.1) is 12.4 Å². The highest BCUT2D eigenvalue weighted by atomic mass is 35.5. The number of hydrogen-bond acceptors (Lipinski definition) is 4. The summed E-state index contributed by atoms with van der Waals surface area (Å²) in [4.78, 5) is 5.02. The molecule has 3 aromatic rings. The van der Waals surface area contributed by atoms with E-state index in [-0.39, 0.29) is 24.2 Å². The van der Waals surface area contributed by atoms with E-state index in [1.165, 1.54) is 11.1 Å². The number of benzene rings is 3. The Kier molecular flexibility index (Phi) is 7.73. The van der Waals surface area contributed by atoms with E-state index >= 15 is 0 Å². The normalized spacial score (nSPS) is 16.7. The number of rotatable bonds is 6. The Morgan fingerprint density at radius 3 is 2.29 bits per heavy atom. The van der Waals surface area contributed by atoms with Crippen LogP contribution in [0.25, 0.3) is 10.8 Å². The minimum Gasteiger partial charge on any atom is -0.297 e. The van der Waals surface area contributed by atoms with Crippen LogP contribution in [0.15, 0.2) is 66.7 Å². The number of halogens is 1. The van der Waals surface area contributed by atoms with Gasteiger partial charge >= 0.3 is 0 Å². The Balaban J connectivity index is 0.00000272. The summed E-state index contributed by atoms with van der Waals surface area (Å²) >= 11 is 0. The van der Waals surface area contributed by atoms with Crippen LogP contribution in [0.2, 0.25) is 0 Å². The molecule has 1 fully saturated rings. The number of nitrogens with two attached hydrogens (primary N) is 1. The van der Waals surface area contributed by atoms with Crippen molar-refractivity contribution in [3.8, 4) is 0 Å². The smallest absolute Gasteiger partial charge is 0.213 e. The van der Waals surface area contributed by atoms with Crippen LogP contribution in [0.4, 0.5) is 0 Å². The molecule has 166 valence electrons. The third kappa shape index (κ3) is 6.05. The molecule has 31 heavy (non-hydrogen) atoms. The van der Waals surface area contributed by atoms with E-state index in [1.54, 1.807) is 0 Å².